The summed E-state index contributed by atoms with van der Waals surface area (Å²) in [6.45, 7) is 3.90. The maximum Gasteiger partial charge on any atom is 0.230 e. The molecule has 2 unspecified atom stereocenters. The Bertz CT molecular complexity index is 530. The monoisotopic (exact) mass is 327 g/mol. The van der Waals surface area contributed by atoms with Gasteiger partial charge in [0.2, 0.25) is 11.8 Å². The van der Waals surface area contributed by atoms with E-state index in [0.29, 0.717) is 4.47 Å². The van der Waals surface area contributed by atoms with Crippen LogP contribution in [-0.2, 0) is 9.59 Å². The fraction of sp³-hybridized carbons (Fsp3) is 0.429. The Morgan fingerprint density at radius 3 is 2.63 bits per heavy atom. The van der Waals surface area contributed by atoms with Gasteiger partial charge in [0, 0.05) is 18.3 Å². The molecule has 0 aromatic heterocycles. The molecule has 0 radical (unpaired) electrons. The molecular weight excluding hydrogens is 313 g/mol. The minimum atomic E-state index is -0.351. The second-order valence-electron chi connectivity index (χ2n) is 5.17. The van der Waals surface area contributed by atoms with E-state index in [0.717, 1.165) is 5.56 Å². The van der Waals surface area contributed by atoms with Crippen LogP contribution in [0.1, 0.15) is 31.7 Å². The van der Waals surface area contributed by atoms with E-state index in [1.165, 1.54) is 6.07 Å². The third kappa shape index (κ3) is 2.86. The number of hydrogen-bond donors (Lipinski definition) is 1. The molecule has 0 spiro atoms. The van der Waals surface area contributed by atoms with Crippen LogP contribution >= 0.6 is 15.9 Å². The molecule has 5 heteroatoms. The van der Waals surface area contributed by atoms with Crippen molar-refractivity contribution in [3.63, 3.8) is 0 Å². The first-order valence-corrected chi connectivity index (χ1v) is 6.98. The van der Waals surface area contributed by atoms with E-state index in [1.807, 2.05) is 13.8 Å². The number of imide groups is 1. The molecule has 19 heavy (non-hydrogen) atoms. The molecule has 2 rings (SSSR count). The van der Waals surface area contributed by atoms with Crippen LogP contribution in [-0.4, -0.2) is 11.8 Å². The lowest BCUT2D eigenvalue weighted by Gasteiger charge is -2.33. The van der Waals surface area contributed by atoms with E-state index in [-0.39, 0.29) is 41.8 Å². The Kier molecular flexibility index (Phi) is 4.04. The number of carbonyl (C=O) groups is 2. The summed E-state index contributed by atoms with van der Waals surface area (Å²) in [5.74, 6) is -1.21. The maximum absolute atomic E-state index is 13.3. The van der Waals surface area contributed by atoms with Crippen molar-refractivity contribution in [3.8, 4) is 0 Å². The highest BCUT2D eigenvalue weighted by Gasteiger charge is 2.38. The quantitative estimate of drug-likeness (QED) is 0.849. The number of carbonyl (C=O) groups excluding carboxylic acids is 2. The fourth-order valence-corrected chi connectivity index (χ4v) is 3.01. The van der Waals surface area contributed by atoms with Crippen molar-refractivity contribution in [2.75, 3.05) is 0 Å². The highest BCUT2D eigenvalue weighted by Crippen LogP contribution is 2.37. The smallest absolute Gasteiger partial charge is 0.230 e. The third-order valence-electron chi connectivity index (χ3n) is 3.49. The van der Waals surface area contributed by atoms with Gasteiger partial charge in [0.15, 0.2) is 0 Å². The number of hydrogen-bond acceptors (Lipinski definition) is 2. The third-order valence-corrected chi connectivity index (χ3v) is 4.10. The van der Waals surface area contributed by atoms with Gasteiger partial charge in [0.25, 0.3) is 0 Å². The molecule has 1 aromatic rings. The van der Waals surface area contributed by atoms with Crippen LogP contribution in [0.15, 0.2) is 22.7 Å². The van der Waals surface area contributed by atoms with Crippen LogP contribution in [0, 0.1) is 17.7 Å². The predicted octanol–water partition coefficient (Wildman–Crippen LogP) is 2.99. The number of amides is 2. The highest BCUT2D eigenvalue weighted by molar-refractivity contribution is 9.10. The second kappa shape index (κ2) is 5.41. The van der Waals surface area contributed by atoms with Crippen molar-refractivity contribution in [1.29, 1.82) is 0 Å². The Labute approximate surface area is 119 Å². The lowest BCUT2D eigenvalue weighted by atomic mass is 9.75. The Morgan fingerprint density at radius 1 is 1.37 bits per heavy atom. The summed E-state index contributed by atoms with van der Waals surface area (Å²) in [4.78, 5) is 23.5. The largest absolute Gasteiger partial charge is 0.296 e. The van der Waals surface area contributed by atoms with E-state index in [2.05, 4.69) is 21.2 Å². The molecule has 1 aliphatic rings. The predicted molar refractivity (Wildman–Crippen MR) is 72.9 cm³/mol. The van der Waals surface area contributed by atoms with Gasteiger partial charge in [-0.15, -0.1) is 0 Å². The van der Waals surface area contributed by atoms with Crippen molar-refractivity contribution < 1.29 is 14.0 Å². The minimum Gasteiger partial charge on any atom is -0.296 e. The van der Waals surface area contributed by atoms with Crippen LogP contribution < -0.4 is 5.32 Å². The average molecular weight is 328 g/mol. The van der Waals surface area contributed by atoms with Crippen LogP contribution in [0.25, 0.3) is 0 Å². The van der Waals surface area contributed by atoms with Gasteiger partial charge in [-0.05, 0) is 39.5 Å². The molecule has 0 aliphatic carbocycles. The van der Waals surface area contributed by atoms with Gasteiger partial charge >= 0.3 is 0 Å². The SMILES string of the molecule is CC(C)C1C(=O)NC(=O)CC1c1ccc(F)c(Br)c1. The van der Waals surface area contributed by atoms with Crippen LogP contribution in [0.4, 0.5) is 4.39 Å². The standard InChI is InChI=1S/C14H15BrFNO2/c1-7(2)13-9(6-12(18)17-14(13)19)8-3-4-11(16)10(15)5-8/h3-5,7,9,13H,6H2,1-2H3,(H,17,18,19). The second-order valence-corrected chi connectivity index (χ2v) is 6.02. The Morgan fingerprint density at radius 2 is 2.05 bits per heavy atom. The first-order chi connectivity index (χ1) is 8.90. The van der Waals surface area contributed by atoms with Gasteiger partial charge in [0.05, 0.1) is 4.47 Å². The molecule has 0 saturated carbocycles. The molecule has 102 valence electrons. The summed E-state index contributed by atoms with van der Waals surface area (Å²) in [5, 5.41) is 2.37. The van der Waals surface area contributed by atoms with Crippen molar-refractivity contribution >= 4 is 27.7 Å². The Hall–Kier alpha value is -1.23. The van der Waals surface area contributed by atoms with Gasteiger partial charge in [-0.2, -0.15) is 0 Å². The number of benzene rings is 1. The molecule has 2 atom stereocenters. The lowest BCUT2D eigenvalue weighted by Crippen LogP contribution is -2.46. The Balaban J connectivity index is 2.40. The van der Waals surface area contributed by atoms with Gasteiger partial charge in [-0.25, -0.2) is 4.39 Å². The zero-order valence-corrected chi connectivity index (χ0v) is 12.3. The number of piperidine rings is 1. The molecule has 2 amide bonds. The zero-order chi connectivity index (χ0) is 14.2. The van der Waals surface area contributed by atoms with Gasteiger partial charge < -0.3 is 0 Å². The van der Waals surface area contributed by atoms with Crippen molar-refractivity contribution in [2.45, 2.75) is 26.2 Å². The van der Waals surface area contributed by atoms with Crippen LogP contribution in [0.3, 0.4) is 0 Å². The molecule has 1 aromatic carbocycles. The first-order valence-electron chi connectivity index (χ1n) is 6.18. The normalized spacial score (nSPS) is 23.6. The van der Waals surface area contributed by atoms with Crippen LogP contribution in [0.5, 0.6) is 0 Å². The van der Waals surface area contributed by atoms with Gasteiger partial charge in [-0.1, -0.05) is 19.9 Å². The summed E-state index contributed by atoms with van der Waals surface area (Å²) in [6.07, 6.45) is 0.257. The molecule has 3 nitrogen and oxygen atoms in total. The highest BCUT2D eigenvalue weighted by atomic mass is 79.9. The van der Waals surface area contributed by atoms with Gasteiger partial charge in [0.1, 0.15) is 5.82 Å². The average Bonchev–Trinajstić information content (AvgIpc) is 2.31. The number of rotatable bonds is 2. The number of halogens is 2. The number of nitrogens with one attached hydrogen (secondary N) is 1. The molecule has 1 fully saturated rings. The maximum atomic E-state index is 13.3. The van der Waals surface area contributed by atoms with Crippen molar-refractivity contribution in [1.82, 2.24) is 5.32 Å². The zero-order valence-electron chi connectivity index (χ0n) is 10.7. The molecule has 1 N–H and O–H groups in total. The summed E-state index contributed by atoms with van der Waals surface area (Å²) in [6, 6.07) is 4.65. The summed E-state index contributed by atoms with van der Waals surface area (Å²) in [7, 11) is 0. The molecule has 0 bridgehead atoms. The molecule has 1 aliphatic heterocycles. The molecule has 1 heterocycles. The topological polar surface area (TPSA) is 46.2 Å². The van der Waals surface area contributed by atoms with E-state index >= 15 is 0 Å². The van der Waals surface area contributed by atoms with Crippen molar-refractivity contribution in [3.05, 3.63) is 34.1 Å². The van der Waals surface area contributed by atoms with E-state index in [1.54, 1.807) is 12.1 Å². The molecular formula is C14H15BrFNO2. The molecule has 1 saturated heterocycles. The summed E-state index contributed by atoms with van der Waals surface area (Å²) in [5.41, 5.74) is 0.815. The van der Waals surface area contributed by atoms with Crippen molar-refractivity contribution in [2.24, 2.45) is 11.8 Å². The van der Waals surface area contributed by atoms with E-state index < -0.39 is 0 Å². The van der Waals surface area contributed by atoms with E-state index in [4.69, 9.17) is 0 Å². The summed E-state index contributed by atoms with van der Waals surface area (Å²) < 4.78 is 13.6. The first kappa shape index (κ1) is 14.2. The minimum absolute atomic E-state index is 0.113. The van der Waals surface area contributed by atoms with E-state index in [9.17, 15) is 14.0 Å². The van der Waals surface area contributed by atoms with Gasteiger partial charge in [-0.3, -0.25) is 14.9 Å². The lowest BCUT2D eigenvalue weighted by molar-refractivity contribution is -0.138. The fourth-order valence-electron chi connectivity index (χ4n) is 2.62. The summed E-state index contributed by atoms with van der Waals surface area (Å²) >= 11 is 3.14. The van der Waals surface area contributed by atoms with Crippen LogP contribution in [0.2, 0.25) is 0 Å².